The normalized spacial score (nSPS) is 11.9. The first kappa shape index (κ1) is 31.6. The van der Waals surface area contributed by atoms with Crippen LogP contribution in [0.25, 0.3) is 111 Å². The summed E-state index contributed by atoms with van der Waals surface area (Å²) in [5, 5.41) is 6.97. The third-order valence-electron chi connectivity index (χ3n) is 11.4. The van der Waals surface area contributed by atoms with Gasteiger partial charge in [-0.15, -0.1) is 0 Å². The van der Waals surface area contributed by atoms with Crippen LogP contribution in [0.5, 0.6) is 0 Å². The molecule has 0 aliphatic carbocycles. The van der Waals surface area contributed by atoms with Gasteiger partial charge in [-0.25, -0.2) is 9.97 Å². The van der Waals surface area contributed by atoms with Crippen LogP contribution < -0.4 is 0 Å². The molecule has 0 saturated carbocycles. The van der Waals surface area contributed by atoms with Crippen LogP contribution in [0.4, 0.5) is 0 Å². The summed E-state index contributed by atoms with van der Waals surface area (Å²) in [6, 6.07) is 68.4. The zero-order chi connectivity index (χ0) is 37.5. The molecule has 5 heteroatoms. The lowest BCUT2D eigenvalue weighted by atomic mass is 9.98. The van der Waals surface area contributed by atoms with Gasteiger partial charge in [0.1, 0.15) is 11.2 Å². The number of rotatable bonds is 5. The summed E-state index contributed by atoms with van der Waals surface area (Å²) in [4.78, 5) is 10.5. The third kappa shape index (κ3) is 4.89. The van der Waals surface area contributed by atoms with Gasteiger partial charge in [-0.05, 0) is 71.8 Å². The Morgan fingerprint density at radius 1 is 0.351 bits per heavy atom. The summed E-state index contributed by atoms with van der Waals surface area (Å²) >= 11 is 0. The highest BCUT2D eigenvalue weighted by molar-refractivity contribution is 6.17. The van der Waals surface area contributed by atoms with Gasteiger partial charge in [0.2, 0.25) is 5.95 Å². The molecule has 0 spiro atoms. The Hall–Kier alpha value is -7.76. The van der Waals surface area contributed by atoms with Crippen molar-refractivity contribution < 1.29 is 4.42 Å². The second-order valence-electron chi connectivity index (χ2n) is 14.6. The molecule has 0 atom stereocenters. The highest BCUT2D eigenvalue weighted by atomic mass is 16.3. The molecule has 0 bridgehead atoms. The number of furan rings is 1. The van der Waals surface area contributed by atoms with E-state index in [4.69, 9.17) is 14.4 Å². The van der Waals surface area contributed by atoms with Crippen molar-refractivity contribution in [3.63, 3.8) is 0 Å². The Bertz CT molecular complexity index is 3460. The lowest BCUT2D eigenvalue weighted by Gasteiger charge is -2.12. The molecule has 5 nitrogen and oxygen atoms in total. The fourth-order valence-electron chi connectivity index (χ4n) is 8.80. The summed E-state index contributed by atoms with van der Waals surface area (Å²) in [7, 11) is 0. The molecule has 12 rings (SSSR count). The first-order chi connectivity index (χ1) is 28.3. The second kappa shape index (κ2) is 12.4. The number of fused-ring (bicyclic) bond motifs is 9. The van der Waals surface area contributed by atoms with E-state index in [2.05, 4.69) is 179 Å². The Morgan fingerprint density at radius 3 is 1.70 bits per heavy atom. The molecule has 0 N–H and O–H groups in total. The topological polar surface area (TPSA) is 48.8 Å². The lowest BCUT2D eigenvalue weighted by molar-refractivity contribution is 0.669. The Morgan fingerprint density at radius 2 is 0.947 bits per heavy atom. The van der Waals surface area contributed by atoms with Crippen molar-refractivity contribution in [3.8, 4) is 45.3 Å². The number of hydrogen-bond donors (Lipinski definition) is 0. The summed E-state index contributed by atoms with van der Waals surface area (Å²) < 4.78 is 10.8. The molecule has 4 heterocycles. The number of benzene rings is 8. The molecule has 0 aliphatic heterocycles. The van der Waals surface area contributed by atoms with Crippen molar-refractivity contribution in [1.29, 1.82) is 0 Å². The largest absolute Gasteiger partial charge is 0.456 e. The van der Waals surface area contributed by atoms with E-state index in [1.165, 1.54) is 16.3 Å². The maximum atomic E-state index is 6.21. The minimum atomic E-state index is 0.640. The molecule has 0 saturated heterocycles. The van der Waals surface area contributed by atoms with E-state index < -0.39 is 0 Å². The van der Waals surface area contributed by atoms with Crippen LogP contribution in [0.15, 0.2) is 199 Å². The fourth-order valence-corrected chi connectivity index (χ4v) is 8.80. The van der Waals surface area contributed by atoms with E-state index >= 15 is 0 Å². The van der Waals surface area contributed by atoms with Crippen LogP contribution in [0.3, 0.4) is 0 Å². The van der Waals surface area contributed by atoms with Gasteiger partial charge in [0.25, 0.3) is 0 Å². The van der Waals surface area contributed by atoms with Crippen LogP contribution in [0.1, 0.15) is 0 Å². The quantitative estimate of drug-likeness (QED) is 0.177. The highest BCUT2D eigenvalue weighted by Crippen LogP contribution is 2.42. The average Bonchev–Trinajstić information content (AvgIpc) is 3.94. The van der Waals surface area contributed by atoms with Gasteiger partial charge in [0.05, 0.1) is 33.5 Å². The molecule has 8 aromatic carbocycles. The number of para-hydroxylation sites is 3. The molecule has 266 valence electrons. The van der Waals surface area contributed by atoms with Crippen molar-refractivity contribution in [2.45, 2.75) is 0 Å². The Balaban J connectivity index is 1.07. The minimum Gasteiger partial charge on any atom is -0.456 e. The van der Waals surface area contributed by atoms with Crippen molar-refractivity contribution in [3.05, 3.63) is 194 Å². The zero-order valence-electron chi connectivity index (χ0n) is 30.7. The van der Waals surface area contributed by atoms with E-state index in [9.17, 15) is 0 Å². The summed E-state index contributed by atoms with van der Waals surface area (Å²) in [5.74, 6) is 0.640. The SMILES string of the molecule is c1ccc(-c2cc(-c3ccccc3)nc(-n3c4ccccc4c4cc(-c5cccc6c5c5ccccc5n6-c5ccc6oc7ccccc7c6c5)ccc43)n2)cc1. The smallest absolute Gasteiger partial charge is 0.235 e. The molecular formula is C52H32N4O. The predicted octanol–water partition coefficient (Wildman–Crippen LogP) is 13.6. The number of hydrogen-bond acceptors (Lipinski definition) is 3. The monoisotopic (exact) mass is 728 g/mol. The number of nitrogens with zero attached hydrogens (tertiary/aromatic N) is 4. The first-order valence-corrected chi connectivity index (χ1v) is 19.2. The molecule has 0 unspecified atom stereocenters. The van der Waals surface area contributed by atoms with E-state index in [-0.39, 0.29) is 0 Å². The molecule has 4 aromatic heterocycles. The van der Waals surface area contributed by atoms with Crippen LogP contribution in [0.2, 0.25) is 0 Å². The van der Waals surface area contributed by atoms with Gasteiger partial charge in [-0.2, -0.15) is 0 Å². The highest BCUT2D eigenvalue weighted by Gasteiger charge is 2.20. The third-order valence-corrected chi connectivity index (χ3v) is 11.4. The van der Waals surface area contributed by atoms with Gasteiger partial charge in [-0.1, -0.05) is 133 Å². The van der Waals surface area contributed by atoms with Crippen molar-refractivity contribution in [1.82, 2.24) is 19.1 Å². The maximum absolute atomic E-state index is 6.21. The molecular weight excluding hydrogens is 697 g/mol. The lowest BCUT2D eigenvalue weighted by Crippen LogP contribution is -2.03. The molecule has 0 aliphatic rings. The molecule has 57 heavy (non-hydrogen) atoms. The van der Waals surface area contributed by atoms with Crippen LogP contribution in [-0.2, 0) is 0 Å². The molecule has 0 fully saturated rings. The summed E-state index contributed by atoms with van der Waals surface area (Å²) in [5.41, 5.74) is 13.5. The first-order valence-electron chi connectivity index (χ1n) is 19.2. The number of aromatic nitrogens is 4. The summed E-state index contributed by atoms with van der Waals surface area (Å²) in [6.45, 7) is 0. The Labute approximate surface area is 327 Å². The van der Waals surface area contributed by atoms with E-state index in [1.54, 1.807) is 0 Å². The molecule has 0 amide bonds. The molecule has 0 radical (unpaired) electrons. The standard InChI is InChI=1S/C52H32N4O/c1-3-14-33(15-4-1)43-32-44(34-16-5-2-6-17-34)54-52(53-43)56-45-22-10-7-18-38(45)41-30-35(26-28-47(41)56)37-21-13-24-48-51(37)40-20-8-11-23-46(40)55(48)36-27-29-50-42(31-36)39-19-9-12-25-49(39)57-50/h1-32H. The fraction of sp³-hybridized carbons (Fsp3) is 0. The van der Waals surface area contributed by atoms with Crippen LogP contribution in [0, 0.1) is 0 Å². The average molecular weight is 729 g/mol. The van der Waals surface area contributed by atoms with Gasteiger partial charge >= 0.3 is 0 Å². The minimum absolute atomic E-state index is 0.640. The van der Waals surface area contributed by atoms with E-state index in [0.717, 1.165) is 88.5 Å². The van der Waals surface area contributed by atoms with Crippen molar-refractivity contribution in [2.24, 2.45) is 0 Å². The molecule has 12 aromatic rings. The maximum Gasteiger partial charge on any atom is 0.235 e. The van der Waals surface area contributed by atoms with E-state index in [1.807, 2.05) is 24.3 Å². The van der Waals surface area contributed by atoms with Gasteiger partial charge in [0, 0.05) is 49.1 Å². The summed E-state index contributed by atoms with van der Waals surface area (Å²) in [6.07, 6.45) is 0. The van der Waals surface area contributed by atoms with Crippen LogP contribution in [-0.4, -0.2) is 19.1 Å². The Kier molecular flexibility index (Phi) is 6.86. The van der Waals surface area contributed by atoms with Crippen LogP contribution >= 0.6 is 0 Å². The predicted molar refractivity (Wildman–Crippen MR) is 234 cm³/mol. The van der Waals surface area contributed by atoms with Gasteiger partial charge in [-0.3, -0.25) is 4.57 Å². The zero-order valence-corrected chi connectivity index (χ0v) is 30.7. The second-order valence-corrected chi connectivity index (χ2v) is 14.6. The van der Waals surface area contributed by atoms with Crippen molar-refractivity contribution >= 4 is 65.6 Å². The van der Waals surface area contributed by atoms with Gasteiger partial charge in [0.15, 0.2) is 0 Å². The van der Waals surface area contributed by atoms with E-state index in [0.29, 0.717) is 5.95 Å². The van der Waals surface area contributed by atoms with Crippen molar-refractivity contribution in [2.75, 3.05) is 0 Å². The van der Waals surface area contributed by atoms with Gasteiger partial charge < -0.3 is 8.98 Å².